The summed E-state index contributed by atoms with van der Waals surface area (Å²) in [5.74, 6) is -0.115. The third-order valence-corrected chi connectivity index (χ3v) is 3.34. The molecule has 0 saturated carbocycles. The molecule has 0 bridgehead atoms. The summed E-state index contributed by atoms with van der Waals surface area (Å²) in [5, 5.41) is 2.82. The third-order valence-electron chi connectivity index (χ3n) is 3.34. The van der Waals surface area contributed by atoms with Crippen LogP contribution in [0.1, 0.15) is 20.8 Å². The maximum Gasteiger partial charge on any atom is 0.243 e. The molecule has 0 aliphatic heterocycles. The van der Waals surface area contributed by atoms with Gasteiger partial charge in [0.1, 0.15) is 0 Å². The number of benzene rings is 1. The number of nitrogens with zero attached hydrogens (tertiary/aromatic N) is 2. The van der Waals surface area contributed by atoms with Crippen molar-refractivity contribution in [3.8, 4) is 0 Å². The SMILES string of the molecule is CC(C)NC(=O)CN(C)[C@@H](C)C(=O)N(C)c1ccccc1. The minimum Gasteiger partial charge on any atom is -0.353 e. The van der Waals surface area contributed by atoms with E-state index in [9.17, 15) is 9.59 Å². The Morgan fingerprint density at radius 1 is 1.10 bits per heavy atom. The van der Waals surface area contributed by atoms with Crippen LogP contribution in [0.25, 0.3) is 0 Å². The molecule has 0 radical (unpaired) electrons. The van der Waals surface area contributed by atoms with Gasteiger partial charge >= 0.3 is 0 Å². The summed E-state index contributed by atoms with van der Waals surface area (Å²) in [6.07, 6.45) is 0. The zero-order valence-electron chi connectivity index (χ0n) is 13.5. The van der Waals surface area contributed by atoms with Crippen molar-refractivity contribution < 1.29 is 9.59 Å². The van der Waals surface area contributed by atoms with Crippen molar-refractivity contribution in [1.82, 2.24) is 10.2 Å². The highest BCUT2D eigenvalue weighted by molar-refractivity contribution is 5.96. The number of carbonyl (C=O) groups excluding carboxylic acids is 2. The van der Waals surface area contributed by atoms with Crippen LogP contribution in [-0.4, -0.2) is 49.4 Å². The molecule has 0 fully saturated rings. The Balaban J connectivity index is 2.63. The highest BCUT2D eigenvalue weighted by atomic mass is 16.2. The van der Waals surface area contributed by atoms with Gasteiger partial charge in [-0.1, -0.05) is 18.2 Å². The number of amides is 2. The Labute approximate surface area is 126 Å². The molecular formula is C16H25N3O2. The Hall–Kier alpha value is -1.88. The van der Waals surface area contributed by atoms with Gasteiger partial charge in [0.25, 0.3) is 0 Å². The lowest BCUT2D eigenvalue weighted by atomic mass is 10.2. The maximum absolute atomic E-state index is 12.4. The van der Waals surface area contributed by atoms with Gasteiger partial charge in [-0.3, -0.25) is 14.5 Å². The molecule has 0 aliphatic carbocycles. The summed E-state index contributed by atoms with van der Waals surface area (Å²) < 4.78 is 0. The van der Waals surface area contributed by atoms with Crippen molar-refractivity contribution >= 4 is 17.5 Å². The van der Waals surface area contributed by atoms with E-state index in [0.717, 1.165) is 5.69 Å². The molecule has 5 nitrogen and oxygen atoms in total. The zero-order valence-corrected chi connectivity index (χ0v) is 13.5. The van der Waals surface area contributed by atoms with E-state index in [4.69, 9.17) is 0 Å². The van der Waals surface area contributed by atoms with Gasteiger partial charge < -0.3 is 10.2 Å². The predicted molar refractivity (Wildman–Crippen MR) is 85.2 cm³/mol. The number of anilines is 1. The van der Waals surface area contributed by atoms with Crippen molar-refractivity contribution in [1.29, 1.82) is 0 Å². The minimum absolute atomic E-state index is 0.0407. The van der Waals surface area contributed by atoms with Crippen LogP contribution < -0.4 is 10.2 Å². The average molecular weight is 291 g/mol. The van der Waals surface area contributed by atoms with Crippen molar-refractivity contribution in [2.45, 2.75) is 32.9 Å². The van der Waals surface area contributed by atoms with Gasteiger partial charge in [0, 0.05) is 18.8 Å². The van der Waals surface area contributed by atoms with Gasteiger partial charge in [-0.25, -0.2) is 0 Å². The lowest BCUT2D eigenvalue weighted by molar-refractivity contribution is -0.126. The first-order valence-corrected chi connectivity index (χ1v) is 7.15. The number of hydrogen-bond donors (Lipinski definition) is 1. The Kier molecular flexibility index (Phi) is 6.37. The van der Waals surface area contributed by atoms with E-state index in [1.165, 1.54) is 0 Å². The number of para-hydroxylation sites is 1. The molecule has 1 rings (SSSR count). The van der Waals surface area contributed by atoms with Gasteiger partial charge in [-0.05, 0) is 40.0 Å². The van der Waals surface area contributed by atoms with Crippen molar-refractivity contribution in [2.75, 3.05) is 25.5 Å². The molecule has 1 N–H and O–H groups in total. The van der Waals surface area contributed by atoms with E-state index in [1.807, 2.05) is 51.1 Å². The molecule has 116 valence electrons. The number of hydrogen-bond acceptors (Lipinski definition) is 3. The standard InChI is InChI=1S/C16H25N3O2/c1-12(2)17-15(20)11-18(4)13(3)16(21)19(5)14-9-7-6-8-10-14/h6-10,12-13H,11H2,1-5H3,(H,17,20)/t13-/m0/s1. The molecule has 5 heteroatoms. The second-order valence-corrected chi connectivity index (χ2v) is 5.55. The van der Waals surface area contributed by atoms with Gasteiger partial charge in [-0.2, -0.15) is 0 Å². The van der Waals surface area contributed by atoms with Gasteiger partial charge in [-0.15, -0.1) is 0 Å². The van der Waals surface area contributed by atoms with Crippen LogP contribution in [0.15, 0.2) is 30.3 Å². The number of carbonyl (C=O) groups is 2. The zero-order chi connectivity index (χ0) is 16.0. The summed E-state index contributed by atoms with van der Waals surface area (Å²) in [6.45, 7) is 5.84. The van der Waals surface area contributed by atoms with E-state index in [-0.39, 0.29) is 30.4 Å². The van der Waals surface area contributed by atoms with E-state index in [2.05, 4.69) is 5.32 Å². The van der Waals surface area contributed by atoms with E-state index in [0.29, 0.717) is 0 Å². The topological polar surface area (TPSA) is 52.7 Å². The van der Waals surface area contributed by atoms with Crippen molar-refractivity contribution in [2.24, 2.45) is 0 Å². The fourth-order valence-electron chi connectivity index (χ4n) is 1.98. The molecule has 1 atom stereocenters. The first-order chi connectivity index (χ1) is 9.82. The third kappa shape index (κ3) is 5.19. The molecule has 0 spiro atoms. The molecule has 0 aromatic heterocycles. The van der Waals surface area contributed by atoms with Crippen LogP contribution in [0.2, 0.25) is 0 Å². The monoisotopic (exact) mass is 291 g/mol. The van der Waals surface area contributed by atoms with Crippen LogP contribution in [0.4, 0.5) is 5.69 Å². The molecule has 0 unspecified atom stereocenters. The fraction of sp³-hybridized carbons (Fsp3) is 0.500. The van der Waals surface area contributed by atoms with E-state index < -0.39 is 0 Å². The highest BCUT2D eigenvalue weighted by Crippen LogP contribution is 2.13. The first kappa shape index (κ1) is 17.2. The largest absolute Gasteiger partial charge is 0.353 e. The Morgan fingerprint density at radius 2 is 1.67 bits per heavy atom. The van der Waals surface area contributed by atoms with Crippen LogP contribution >= 0.6 is 0 Å². The first-order valence-electron chi connectivity index (χ1n) is 7.15. The number of nitrogens with one attached hydrogen (secondary N) is 1. The van der Waals surface area contributed by atoms with Crippen LogP contribution in [0.5, 0.6) is 0 Å². The van der Waals surface area contributed by atoms with Gasteiger partial charge in [0.05, 0.1) is 12.6 Å². The van der Waals surface area contributed by atoms with Crippen LogP contribution in [0, 0.1) is 0 Å². The number of rotatable bonds is 6. The summed E-state index contributed by atoms with van der Waals surface area (Å²) in [6, 6.07) is 9.20. The highest BCUT2D eigenvalue weighted by Gasteiger charge is 2.23. The fourth-order valence-corrected chi connectivity index (χ4v) is 1.98. The summed E-state index contributed by atoms with van der Waals surface area (Å²) >= 11 is 0. The quantitative estimate of drug-likeness (QED) is 0.864. The van der Waals surface area contributed by atoms with Crippen LogP contribution in [-0.2, 0) is 9.59 Å². The average Bonchev–Trinajstić information content (AvgIpc) is 2.44. The van der Waals surface area contributed by atoms with Crippen molar-refractivity contribution in [3.63, 3.8) is 0 Å². The lowest BCUT2D eigenvalue weighted by Gasteiger charge is -2.28. The van der Waals surface area contributed by atoms with Crippen LogP contribution in [0.3, 0.4) is 0 Å². The lowest BCUT2D eigenvalue weighted by Crippen LogP contribution is -2.48. The molecule has 0 heterocycles. The van der Waals surface area contributed by atoms with Gasteiger partial charge in [0.2, 0.25) is 11.8 Å². The second kappa shape index (κ2) is 7.78. The predicted octanol–water partition coefficient (Wildman–Crippen LogP) is 1.49. The van der Waals surface area contributed by atoms with E-state index >= 15 is 0 Å². The number of likely N-dealkylation sites (N-methyl/N-ethyl adjacent to an activating group) is 2. The summed E-state index contributed by atoms with van der Waals surface area (Å²) in [4.78, 5) is 27.6. The summed E-state index contributed by atoms with van der Waals surface area (Å²) in [7, 11) is 3.53. The molecule has 1 aromatic rings. The normalized spacial score (nSPS) is 12.3. The Morgan fingerprint density at radius 3 is 2.19 bits per heavy atom. The molecule has 1 aromatic carbocycles. The minimum atomic E-state index is -0.367. The molecule has 2 amide bonds. The van der Waals surface area contributed by atoms with E-state index in [1.54, 1.807) is 23.9 Å². The smallest absolute Gasteiger partial charge is 0.243 e. The molecule has 21 heavy (non-hydrogen) atoms. The van der Waals surface area contributed by atoms with Crippen molar-refractivity contribution in [3.05, 3.63) is 30.3 Å². The Bertz CT molecular complexity index is 474. The second-order valence-electron chi connectivity index (χ2n) is 5.55. The van der Waals surface area contributed by atoms with Gasteiger partial charge in [0.15, 0.2) is 0 Å². The molecule has 0 saturated heterocycles. The molecule has 0 aliphatic rings. The molecular weight excluding hydrogens is 266 g/mol. The summed E-state index contributed by atoms with van der Waals surface area (Å²) in [5.41, 5.74) is 0.842. The maximum atomic E-state index is 12.4.